The Hall–Kier alpha value is -0.0000000000000000555. The van der Waals surface area contributed by atoms with Gasteiger partial charge < -0.3 is 10.5 Å². The van der Waals surface area contributed by atoms with Gasteiger partial charge in [-0.15, -0.1) is 12.4 Å². The molecule has 0 aromatic carbocycles. The molecule has 11 heavy (non-hydrogen) atoms. The predicted octanol–water partition coefficient (Wildman–Crippen LogP) is 0.944. The van der Waals surface area contributed by atoms with Crippen LogP contribution >= 0.6 is 12.4 Å². The Morgan fingerprint density at radius 3 is 1.91 bits per heavy atom. The molecule has 0 aromatic rings. The SMILES string of the molecule is Cl.N[C@H](C1COC1)C(F)(F)F. The second kappa shape index (κ2) is 3.60. The third-order valence-corrected chi connectivity index (χ3v) is 1.55. The van der Waals surface area contributed by atoms with Crippen LogP contribution in [0.1, 0.15) is 0 Å². The zero-order valence-corrected chi connectivity index (χ0v) is 6.41. The minimum Gasteiger partial charge on any atom is -0.381 e. The van der Waals surface area contributed by atoms with E-state index in [1.807, 2.05) is 0 Å². The van der Waals surface area contributed by atoms with E-state index in [1.165, 1.54) is 0 Å². The summed E-state index contributed by atoms with van der Waals surface area (Å²) in [6.07, 6.45) is -4.27. The quantitative estimate of drug-likeness (QED) is 0.670. The van der Waals surface area contributed by atoms with E-state index in [0.29, 0.717) is 0 Å². The normalized spacial score (nSPS) is 21.8. The summed E-state index contributed by atoms with van der Waals surface area (Å²) in [5, 5.41) is 0. The van der Waals surface area contributed by atoms with E-state index in [9.17, 15) is 13.2 Å². The molecular weight excluding hydrogens is 183 g/mol. The van der Waals surface area contributed by atoms with E-state index < -0.39 is 18.1 Å². The maximum absolute atomic E-state index is 11.7. The number of halogens is 4. The molecule has 6 heteroatoms. The molecule has 0 bridgehead atoms. The van der Waals surface area contributed by atoms with Crippen molar-refractivity contribution in [2.75, 3.05) is 13.2 Å². The fourth-order valence-corrected chi connectivity index (χ4v) is 0.729. The molecule has 2 nitrogen and oxygen atoms in total. The van der Waals surface area contributed by atoms with E-state index in [0.717, 1.165) is 0 Å². The summed E-state index contributed by atoms with van der Waals surface area (Å²) >= 11 is 0. The van der Waals surface area contributed by atoms with Crippen LogP contribution in [0.3, 0.4) is 0 Å². The maximum Gasteiger partial charge on any atom is 0.404 e. The number of alkyl halides is 3. The topological polar surface area (TPSA) is 35.2 Å². The monoisotopic (exact) mass is 191 g/mol. The largest absolute Gasteiger partial charge is 0.404 e. The third kappa shape index (κ3) is 2.50. The van der Waals surface area contributed by atoms with Crippen molar-refractivity contribution in [3.05, 3.63) is 0 Å². The molecule has 0 amide bonds. The highest BCUT2D eigenvalue weighted by molar-refractivity contribution is 5.85. The fraction of sp³-hybridized carbons (Fsp3) is 1.00. The molecule has 1 fully saturated rings. The van der Waals surface area contributed by atoms with Gasteiger partial charge in [-0.2, -0.15) is 13.2 Å². The Bertz CT molecular complexity index is 125. The third-order valence-electron chi connectivity index (χ3n) is 1.55. The van der Waals surface area contributed by atoms with Crippen LogP contribution < -0.4 is 5.73 Å². The van der Waals surface area contributed by atoms with Crippen LogP contribution in [-0.4, -0.2) is 25.4 Å². The molecule has 1 atom stereocenters. The molecule has 1 aliphatic rings. The van der Waals surface area contributed by atoms with E-state index in [4.69, 9.17) is 5.73 Å². The van der Waals surface area contributed by atoms with Gasteiger partial charge in [0, 0.05) is 5.92 Å². The molecule has 0 unspecified atom stereocenters. The van der Waals surface area contributed by atoms with E-state index >= 15 is 0 Å². The number of rotatable bonds is 1. The van der Waals surface area contributed by atoms with Gasteiger partial charge in [-0.3, -0.25) is 0 Å². The van der Waals surface area contributed by atoms with Crippen molar-refractivity contribution in [1.82, 2.24) is 0 Å². The van der Waals surface area contributed by atoms with Crippen LogP contribution in [0, 0.1) is 5.92 Å². The van der Waals surface area contributed by atoms with Gasteiger partial charge in [-0.25, -0.2) is 0 Å². The van der Waals surface area contributed by atoms with Gasteiger partial charge in [0.25, 0.3) is 0 Å². The molecule has 0 spiro atoms. The first-order valence-corrected chi connectivity index (χ1v) is 2.92. The smallest absolute Gasteiger partial charge is 0.381 e. The number of ether oxygens (including phenoxy) is 1. The standard InChI is InChI=1S/C5H8F3NO.ClH/c6-5(7,8)4(9)3-1-10-2-3;/h3-4H,1-2,9H2;1H/t4-;/m1./s1. The highest BCUT2D eigenvalue weighted by Crippen LogP contribution is 2.27. The van der Waals surface area contributed by atoms with Crippen molar-refractivity contribution in [2.45, 2.75) is 12.2 Å². The molecule has 1 rings (SSSR count). The highest BCUT2D eigenvalue weighted by Gasteiger charge is 2.44. The maximum atomic E-state index is 11.7. The molecule has 2 N–H and O–H groups in total. The van der Waals surface area contributed by atoms with Crippen molar-refractivity contribution in [2.24, 2.45) is 11.7 Å². The molecule has 68 valence electrons. The average molecular weight is 192 g/mol. The van der Waals surface area contributed by atoms with Crippen molar-refractivity contribution in [3.63, 3.8) is 0 Å². The number of hydrogen-bond donors (Lipinski definition) is 1. The Labute approximate surface area is 68.3 Å². The first-order chi connectivity index (χ1) is 4.52. The summed E-state index contributed by atoms with van der Waals surface area (Å²) in [6, 6.07) is -1.71. The Kier molecular flexibility index (Phi) is 3.60. The molecule has 1 heterocycles. The van der Waals surface area contributed by atoms with Crippen LogP contribution in [0.15, 0.2) is 0 Å². The number of hydrogen-bond acceptors (Lipinski definition) is 2. The summed E-state index contributed by atoms with van der Waals surface area (Å²) in [5.41, 5.74) is 4.85. The molecule has 0 aliphatic carbocycles. The Balaban J connectivity index is 0.000001000. The van der Waals surface area contributed by atoms with Gasteiger partial charge >= 0.3 is 6.18 Å². The van der Waals surface area contributed by atoms with Gasteiger partial charge in [0.1, 0.15) is 6.04 Å². The lowest BCUT2D eigenvalue weighted by atomic mass is 9.99. The molecule has 1 saturated heterocycles. The number of nitrogens with two attached hydrogens (primary N) is 1. The Morgan fingerprint density at radius 1 is 1.36 bits per heavy atom. The lowest BCUT2D eigenvalue weighted by molar-refractivity contribution is -0.187. The Morgan fingerprint density at radius 2 is 1.82 bits per heavy atom. The van der Waals surface area contributed by atoms with Crippen molar-refractivity contribution in [1.29, 1.82) is 0 Å². The first-order valence-electron chi connectivity index (χ1n) is 2.92. The van der Waals surface area contributed by atoms with Crippen molar-refractivity contribution >= 4 is 12.4 Å². The zero-order valence-electron chi connectivity index (χ0n) is 5.60. The van der Waals surface area contributed by atoms with Gasteiger partial charge in [0.05, 0.1) is 13.2 Å². The van der Waals surface area contributed by atoms with E-state index in [2.05, 4.69) is 4.74 Å². The molecule has 0 radical (unpaired) electrons. The summed E-state index contributed by atoms with van der Waals surface area (Å²) in [6.45, 7) is 0.279. The molecular formula is C5H9ClF3NO. The van der Waals surface area contributed by atoms with Crippen LogP contribution in [0.25, 0.3) is 0 Å². The average Bonchev–Trinajstić information content (AvgIpc) is 1.57. The van der Waals surface area contributed by atoms with Crippen molar-refractivity contribution < 1.29 is 17.9 Å². The van der Waals surface area contributed by atoms with Gasteiger partial charge in [0.15, 0.2) is 0 Å². The molecule has 0 aromatic heterocycles. The van der Waals surface area contributed by atoms with Crippen LogP contribution in [-0.2, 0) is 4.74 Å². The summed E-state index contributed by atoms with van der Waals surface area (Å²) in [4.78, 5) is 0. The van der Waals surface area contributed by atoms with Crippen LogP contribution in [0.4, 0.5) is 13.2 Å². The van der Waals surface area contributed by atoms with E-state index in [1.54, 1.807) is 0 Å². The predicted molar refractivity (Wildman–Crippen MR) is 35.6 cm³/mol. The van der Waals surface area contributed by atoms with Crippen LogP contribution in [0.5, 0.6) is 0 Å². The summed E-state index contributed by atoms with van der Waals surface area (Å²) in [7, 11) is 0. The van der Waals surface area contributed by atoms with Crippen molar-refractivity contribution in [3.8, 4) is 0 Å². The minimum atomic E-state index is -4.27. The second-order valence-corrected chi connectivity index (χ2v) is 2.36. The fourth-order valence-electron chi connectivity index (χ4n) is 0.729. The molecule has 0 saturated carbocycles. The van der Waals surface area contributed by atoms with Gasteiger partial charge in [0.2, 0.25) is 0 Å². The summed E-state index contributed by atoms with van der Waals surface area (Å²) < 4.78 is 39.8. The summed E-state index contributed by atoms with van der Waals surface area (Å²) in [5.74, 6) is -0.528. The van der Waals surface area contributed by atoms with E-state index in [-0.39, 0.29) is 25.6 Å². The molecule has 1 aliphatic heterocycles. The van der Waals surface area contributed by atoms with Gasteiger partial charge in [-0.1, -0.05) is 0 Å². The minimum absolute atomic E-state index is 0. The second-order valence-electron chi connectivity index (χ2n) is 2.36. The lowest BCUT2D eigenvalue weighted by Crippen LogP contribution is -2.51. The zero-order chi connectivity index (χ0) is 7.78. The highest BCUT2D eigenvalue weighted by atomic mass is 35.5. The van der Waals surface area contributed by atoms with Gasteiger partial charge in [-0.05, 0) is 0 Å². The van der Waals surface area contributed by atoms with Crippen LogP contribution in [0.2, 0.25) is 0 Å². The lowest BCUT2D eigenvalue weighted by Gasteiger charge is -2.32. The first kappa shape index (κ1) is 11.0.